The zero-order chi connectivity index (χ0) is 37.9. The molecule has 0 aromatic carbocycles. The average molecular weight is 745 g/mol. The van der Waals surface area contributed by atoms with Crippen molar-refractivity contribution in [1.29, 1.82) is 0 Å². The van der Waals surface area contributed by atoms with E-state index in [2.05, 4.69) is 32.1 Å². The average Bonchev–Trinajstić information content (AvgIpc) is 3.07. The molecule has 1 unspecified atom stereocenters. The minimum absolute atomic E-state index is 0.0258. The lowest BCUT2D eigenvalue weighted by Gasteiger charge is -2.24. The molecular weight excluding hydrogens is 665 g/mol. The summed E-state index contributed by atoms with van der Waals surface area (Å²) in [5.74, 6) is -0.865. The van der Waals surface area contributed by atoms with Gasteiger partial charge in [0.2, 0.25) is 0 Å². The van der Waals surface area contributed by atoms with Crippen molar-refractivity contribution >= 4 is 19.8 Å². The third kappa shape index (κ3) is 38.0. The van der Waals surface area contributed by atoms with Crippen LogP contribution in [-0.4, -0.2) is 74.9 Å². The molecular formula is C41H79NO8P+. The summed E-state index contributed by atoms with van der Waals surface area (Å²) >= 11 is 0. The quantitative estimate of drug-likeness (QED) is 0.0220. The lowest BCUT2D eigenvalue weighted by atomic mass is 10.1. The fourth-order valence-electron chi connectivity index (χ4n) is 5.44. The molecule has 1 N–H and O–H groups in total. The fourth-order valence-corrected chi connectivity index (χ4v) is 6.18. The van der Waals surface area contributed by atoms with Crippen LogP contribution in [0.2, 0.25) is 0 Å². The second-order valence-corrected chi connectivity index (χ2v) is 16.5. The maximum absolute atomic E-state index is 12.6. The molecule has 0 spiro atoms. The maximum atomic E-state index is 12.6. The van der Waals surface area contributed by atoms with Crippen LogP contribution >= 0.6 is 7.82 Å². The van der Waals surface area contributed by atoms with Gasteiger partial charge in [-0.3, -0.25) is 18.6 Å². The first-order valence-electron chi connectivity index (χ1n) is 20.6. The summed E-state index contributed by atoms with van der Waals surface area (Å²) in [7, 11) is 1.45. The summed E-state index contributed by atoms with van der Waals surface area (Å²) in [6, 6.07) is 0. The number of nitrogens with zero attached hydrogens (tertiary/aromatic N) is 1. The lowest BCUT2D eigenvalue weighted by molar-refractivity contribution is -0.870. The van der Waals surface area contributed by atoms with Gasteiger partial charge in [-0.2, -0.15) is 0 Å². The number of ether oxygens (including phenoxy) is 2. The first kappa shape index (κ1) is 49.5. The van der Waals surface area contributed by atoms with Crippen molar-refractivity contribution in [2.45, 2.75) is 180 Å². The van der Waals surface area contributed by atoms with Crippen molar-refractivity contribution < 1.29 is 42.1 Å². The Morgan fingerprint density at radius 2 is 1.04 bits per heavy atom. The number of hydrogen-bond donors (Lipinski definition) is 1. The Balaban J connectivity index is 4.45. The van der Waals surface area contributed by atoms with Gasteiger partial charge in [0.05, 0.1) is 27.7 Å². The molecule has 0 aliphatic carbocycles. The molecule has 0 saturated carbocycles. The van der Waals surface area contributed by atoms with Gasteiger partial charge in [-0.15, -0.1) is 0 Å². The zero-order valence-corrected chi connectivity index (χ0v) is 34.5. The molecule has 0 bridgehead atoms. The van der Waals surface area contributed by atoms with Gasteiger partial charge in [0.25, 0.3) is 0 Å². The predicted octanol–water partition coefficient (Wildman–Crippen LogP) is 11.2. The van der Waals surface area contributed by atoms with E-state index < -0.39 is 26.5 Å². The Labute approximate surface area is 313 Å². The van der Waals surface area contributed by atoms with Crippen LogP contribution in [0.15, 0.2) is 24.3 Å². The number of carbonyl (C=O) groups excluding carboxylic acids is 2. The Bertz CT molecular complexity index is 933. The Morgan fingerprint density at radius 3 is 1.57 bits per heavy atom. The molecule has 0 heterocycles. The number of likely N-dealkylation sites (N-methyl/N-ethyl adjacent to an activating group) is 1. The summed E-state index contributed by atoms with van der Waals surface area (Å²) in [5.41, 5.74) is 0. The highest BCUT2D eigenvalue weighted by molar-refractivity contribution is 7.47. The van der Waals surface area contributed by atoms with Crippen molar-refractivity contribution in [2.75, 3.05) is 47.5 Å². The highest BCUT2D eigenvalue weighted by Crippen LogP contribution is 2.43. The van der Waals surface area contributed by atoms with Gasteiger partial charge < -0.3 is 18.9 Å². The minimum Gasteiger partial charge on any atom is -0.462 e. The molecule has 51 heavy (non-hydrogen) atoms. The van der Waals surface area contributed by atoms with Gasteiger partial charge in [-0.05, 0) is 51.4 Å². The van der Waals surface area contributed by atoms with Crippen LogP contribution in [0.4, 0.5) is 0 Å². The molecule has 0 aliphatic heterocycles. The third-order valence-corrected chi connectivity index (χ3v) is 9.70. The summed E-state index contributed by atoms with van der Waals surface area (Å²) in [5, 5.41) is 0. The molecule has 0 radical (unpaired) electrons. The summed E-state index contributed by atoms with van der Waals surface area (Å²) in [4.78, 5) is 35.2. The number of carbonyl (C=O) groups is 2. The van der Waals surface area contributed by atoms with E-state index in [1.165, 1.54) is 89.9 Å². The first-order chi connectivity index (χ1) is 24.5. The topological polar surface area (TPSA) is 108 Å². The molecule has 0 rings (SSSR count). The second-order valence-electron chi connectivity index (χ2n) is 15.0. The number of esters is 2. The van der Waals surface area contributed by atoms with Crippen LogP contribution in [0.5, 0.6) is 0 Å². The number of quaternary nitrogens is 1. The van der Waals surface area contributed by atoms with Crippen molar-refractivity contribution in [1.82, 2.24) is 0 Å². The van der Waals surface area contributed by atoms with Crippen LogP contribution in [0, 0.1) is 0 Å². The normalized spacial score (nSPS) is 13.9. The number of rotatable bonds is 37. The van der Waals surface area contributed by atoms with E-state index in [0.29, 0.717) is 17.4 Å². The summed E-state index contributed by atoms with van der Waals surface area (Å²) < 4.78 is 34.1. The van der Waals surface area contributed by atoms with Crippen LogP contribution in [0.3, 0.4) is 0 Å². The maximum Gasteiger partial charge on any atom is 0.472 e. The van der Waals surface area contributed by atoms with E-state index in [1.54, 1.807) is 0 Å². The smallest absolute Gasteiger partial charge is 0.462 e. The standard InChI is InChI=1S/C41H78NO8P/c1-6-8-10-12-14-16-18-20-21-22-24-26-28-30-32-34-41(44)50-39(38-49-51(45,46)48-36-35-42(3,4)5)37-47-40(43)33-31-29-27-25-23-19-17-15-13-11-9-7-2/h15,17,28,30,39H,6-14,16,18-27,29,31-38H2,1-5H3/p+1/b17-15+,30-28+/t39-/m1/s1. The van der Waals surface area contributed by atoms with E-state index >= 15 is 0 Å². The molecule has 0 amide bonds. The minimum atomic E-state index is -4.38. The second kappa shape index (κ2) is 34.3. The largest absolute Gasteiger partial charge is 0.472 e. The Morgan fingerprint density at radius 1 is 0.588 bits per heavy atom. The van der Waals surface area contributed by atoms with Crippen molar-refractivity contribution in [3.8, 4) is 0 Å². The molecule has 0 saturated heterocycles. The van der Waals surface area contributed by atoms with Crippen molar-refractivity contribution in [3.05, 3.63) is 24.3 Å². The molecule has 300 valence electrons. The van der Waals surface area contributed by atoms with Gasteiger partial charge >= 0.3 is 19.8 Å². The van der Waals surface area contributed by atoms with E-state index in [1.807, 2.05) is 27.2 Å². The molecule has 0 aliphatic rings. The van der Waals surface area contributed by atoms with Gasteiger partial charge in [0.15, 0.2) is 6.10 Å². The van der Waals surface area contributed by atoms with E-state index in [-0.39, 0.29) is 32.0 Å². The van der Waals surface area contributed by atoms with Gasteiger partial charge in [0.1, 0.15) is 19.8 Å². The van der Waals surface area contributed by atoms with Crippen LogP contribution in [0.1, 0.15) is 174 Å². The first-order valence-corrected chi connectivity index (χ1v) is 22.1. The van der Waals surface area contributed by atoms with Crippen LogP contribution in [0.25, 0.3) is 0 Å². The summed E-state index contributed by atoms with van der Waals surface area (Å²) in [6.07, 6.45) is 35.2. The lowest BCUT2D eigenvalue weighted by Crippen LogP contribution is -2.37. The number of phosphoric ester groups is 1. The van der Waals surface area contributed by atoms with Crippen molar-refractivity contribution in [3.63, 3.8) is 0 Å². The Hall–Kier alpha value is -1.51. The number of allylic oxidation sites excluding steroid dienone is 4. The van der Waals surface area contributed by atoms with Crippen LogP contribution in [-0.2, 0) is 32.7 Å². The van der Waals surface area contributed by atoms with Gasteiger partial charge in [0, 0.05) is 12.8 Å². The fraction of sp³-hybridized carbons (Fsp3) is 0.854. The number of phosphoric acid groups is 1. The summed E-state index contributed by atoms with van der Waals surface area (Å²) in [6.45, 7) is 4.34. The van der Waals surface area contributed by atoms with Crippen LogP contribution < -0.4 is 0 Å². The van der Waals surface area contributed by atoms with Crippen molar-refractivity contribution in [2.24, 2.45) is 0 Å². The number of unbranched alkanes of at least 4 members (excludes halogenated alkanes) is 19. The molecule has 0 aromatic rings. The third-order valence-electron chi connectivity index (χ3n) is 8.72. The van der Waals surface area contributed by atoms with E-state index in [9.17, 15) is 19.0 Å². The molecule has 2 atom stereocenters. The molecule has 9 nitrogen and oxygen atoms in total. The highest BCUT2D eigenvalue weighted by Gasteiger charge is 2.27. The molecule has 0 aromatic heterocycles. The monoisotopic (exact) mass is 745 g/mol. The number of hydrogen-bond acceptors (Lipinski definition) is 7. The van der Waals surface area contributed by atoms with E-state index in [0.717, 1.165) is 51.4 Å². The zero-order valence-electron chi connectivity index (χ0n) is 33.6. The SMILES string of the molecule is CCCCC/C=C/CCCCCCCC(=O)OC[C@H](COP(=O)(O)OCC[N+](C)(C)C)OC(=O)CC/C=C/CCCCCCCCCCCCC. The van der Waals surface area contributed by atoms with Gasteiger partial charge in [-0.1, -0.05) is 134 Å². The highest BCUT2D eigenvalue weighted by atomic mass is 31.2. The van der Waals surface area contributed by atoms with E-state index in [4.69, 9.17) is 18.5 Å². The molecule has 10 heteroatoms. The molecule has 0 fully saturated rings. The Kier molecular flexibility index (Phi) is 33.3. The predicted molar refractivity (Wildman–Crippen MR) is 211 cm³/mol. The van der Waals surface area contributed by atoms with Gasteiger partial charge in [-0.25, -0.2) is 4.57 Å².